The Labute approximate surface area is 146 Å². The quantitative estimate of drug-likeness (QED) is 0.501. The largest absolute Gasteiger partial charge is 0.508 e. The van der Waals surface area contributed by atoms with Gasteiger partial charge in [-0.2, -0.15) is 0 Å². The van der Waals surface area contributed by atoms with Gasteiger partial charge in [0.05, 0.1) is 5.69 Å². The minimum Gasteiger partial charge on any atom is -0.508 e. The molecule has 0 bridgehead atoms. The van der Waals surface area contributed by atoms with Crippen LogP contribution in [0.2, 0.25) is 0 Å². The normalized spacial score (nSPS) is 11.3. The van der Waals surface area contributed by atoms with E-state index < -0.39 is 11.4 Å². The van der Waals surface area contributed by atoms with Gasteiger partial charge in [0.2, 0.25) is 5.91 Å². The van der Waals surface area contributed by atoms with E-state index >= 15 is 0 Å². The average Bonchev–Trinajstić information content (AvgIpc) is 2.55. The van der Waals surface area contributed by atoms with E-state index in [1.807, 2.05) is 0 Å². The molecule has 2 aromatic rings. The van der Waals surface area contributed by atoms with Crippen molar-refractivity contribution in [2.24, 2.45) is 5.41 Å². The number of phenolic OH excluding ortho intramolecular Hbond substituents is 1. The van der Waals surface area contributed by atoms with Crippen LogP contribution >= 0.6 is 0 Å². The lowest BCUT2D eigenvalue weighted by molar-refractivity contribution is -0.129. The average molecular weight is 339 g/mol. The van der Waals surface area contributed by atoms with Crippen LogP contribution in [0.15, 0.2) is 54.6 Å². The molecule has 0 radical (unpaired) electrons. The number of anilines is 1. The molecule has 5 heteroatoms. The van der Waals surface area contributed by atoms with Gasteiger partial charge in [-0.25, -0.2) is 4.79 Å². The van der Waals surface area contributed by atoms with Gasteiger partial charge in [-0.15, -0.1) is 0 Å². The van der Waals surface area contributed by atoms with Gasteiger partial charge in [0.1, 0.15) is 5.75 Å². The van der Waals surface area contributed by atoms with Gasteiger partial charge in [-0.1, -0.05) is 45.0 Å². The maximum absolute atomic E-state index is 12.1. The molecule has 0 atom stereocenters. The molecule has 0 spiro atoms. The number of hydrogen-bond donors (Lipinski definition) is 2. The molecular formula is C20H21NO4. The van der Waals surface area contributed by atoms with Crippen LogP contribution in [0.25, 0.3) is 6.08 Å². The molecule has 0 saturated heterocycles. The number of amides is 1. The monoisotopic (exact) mass is 339 g/mol. The Kier molecular flexibility index (Phi) is 5.60. The molecule has 0 aliphatic rings. The lowest BCUT2D eigenvalue weighted by Crippen LogP contribution is -2.27. The highest BCUT2D eigenvalue weighted by atomic mass is 16.5. The molecular weight excluding hydrogens is 318 g/mol. The zero-order valence-corrected chi connectivity index (χ0v) is 14.4. The zero-order chi connectivity index (χ0) is 18.4. The van der Waals surface area contributed by atoms with Crippen LogP contribution in [-0.2, 0) is 9.59 Å². The van der Waals surface area contributed by atoms with Crippen molar-refractivity contribution in [1.29, 1.82) is 0 Å². The third-order valence-corrected chi connectivity index (χ3v) is 3.33. The fourth-order valence-electron chi connectivity index (χ4n) is 1.86. The second kappa shape index (κ2) is 7.66. The van der Waals surface area contributed by atoms with Crippen molar-refractivity contribution in [1.82, 2.24) is 0 Å². The molecule has 1 amide bonds. The van der Waals surface area contributed by atoms with Crippen molar-refractivity contribution in [3.8, 4) is 11.5 Å². The van der Waals surface area contributed by atoms with Crippen molar-refractivity contribution < 1.29 is 19.4 Å². The predicted octanol–water partition coefficient (Wildman–Crippen LogP) is 4.00. The van der Waals surface area contributed by atoms with E-state index in [4.69, 9.17) is 4.74 Å². The Morgan fingerprint density at radius 1 is 1.04 bits per heavy atom. The first-order valence-corrected chi connectivity index (χ1v) is 7.85. The van der Waals surface area contributed by atoms with Gasteiger partial charge in [-0.3, -0.25) is 4.79 Å². The number of nitrogens with one attached hydrogen (secondary N) is 1. The Morgan fingerprint density at radius 3 is 2.32 bits per heavy atom. The van der Waals surface area contributed by atoms with Crippen LogP contribution in [0.3, 0.4) is 0 Å². The molecule has 0 aliphatic carbocycles. The second-order valence-corrected chi connectivity index (χ2v) is 6.55. The second-order valence-electron chi connectivity index (χ2n) is 6.55. The van der Waals surface area contributed by atoms with Gasteiger partial charge >= 0.3 is 5.97 Å². The van der Waals surface area contributed by atoms with E-state index in [9.17, 15) is 14.7 Å². The highest BCUT2D eigenvalue weighted by Gasteiger charge is 2.22. The predicted molar refractivity (Wildman–Crippen MR) is 97.3 cm³/mol. The van der Waals surface area contributed by atoms with Crippen molar-refractivity contribution >= 4 is 23.6 Å². The van der Waals surface area contributed by atoms with Crippen molar-refractivity contribution in [2.75, 3.05) is 5.32 Å². The molecule has 5 nitrogen and oxygen atoms in total. The smallest absolute Gasteiger partial charge is 0.336 e. The number of aromatic hydroxyl groups is 1. The van der Waals surface area contributed by atoms with Crippen molar-refractivity contribution in [3.05, 3.63) is 60.2 Å². The number of phenols is 1. The third kappa shape index (κ3) is 5.49. The van der Waals surface area contributed by atoms with Crippen LogP contribution < -0.4 is 10.1 Å². The Hall–Kier alpha value is -3.08. The summed E-state index contributed by atoms with van der Waals surface area (Å²) in [6.07, 6.45) is 2.87. The molecule has 0 saturated carbocycles. The summed E-state index contributed by atoms with van der Waals surface area (Å²) in [5, 5.41) is 12.0. The van der Waals surface area contributed by atoms with Crippen LogP contribution in [0.4, 0.5) is 5.69 Å². The van der Waals surface area contributed by atoms with Gasteiger partial charge in [0, 0.05) is 11.5 Å². The lowest BCUT2D eigenvalue weighted by Gasteiger charge is -2.18. The number of carbonyl (C=O) groups is 2. The van der Waals surface area contributed by atoms with E-state index in [1.165, 1.54) is 18.2 Å². The van der Waals surface area contributed by atoms with Gasteiger partial charge in [-0.05, 0) is 35.9 Å². The van der Waals surface area contributed by atoms with Crippen LogP contribution in [-0.4, -0.2) is 17.0 Å². The van der Waals surface area contributed by atoms with Gasteiger partial charge in [0.15, 0.2) is 5.75 Å². The first-order valence-electron chi connectivity index (χ1n) is 7.85. The minimum absolute atomic E-state index is 0.156. The number of hydrogen-bond acceptors (Lipinski definition) is 4. The minimum atomic E-state index is -0.564. The topological polar surface area (TPSA) is 75.6 Å². The molecule has 2 aromatic carbocycles. The summed E-state index contributed by atoms with van der Waals surface area (Å²) in [6.45, 7) is 5.41. The first-order chi connectivity index (χ1) is 11.8. The summed E-state index contributed by atoms with van der Waals surface area (Å²) in [4.78, 5) is 24.1. The number of carbonyl (C=O) groups excluding carboxylic acids is 2. The number of esters is 1. The highest BCUT2D eigenvalue weighted by molar-refractivity contribution is 5.97. The number of benzene rings is 2. The SMILES string of the molecule is CC(C)(C)C(=O)Nc1ccccc1OC(=O)/C=C/c1ccc(O)cc1. The Morgan fingerprint density at radius 2 is 1.68 bits per heavy atom. The molecule has 2 rings (SSSR count). The molecule has 2 N–H and O–H groups in total. The third-order valence-electron chi connectivity index (χ3n) is 3.33. The highest BCUT2D eigenvalue weighted by Crippen LogP contribution is 2.26. The van der Waals surface area contributed by atoms with Crippen LogP contribution in [0, 0.1) is 5.41 Å². The standard InChI is InChI=1S/C20H21NO4/c1-20(2,3)19(24)21-16-6-4-5-7-17(16)25-18(23)13-10-14-8-11-15(22)12-9-14/h4-13,22H,1-3H3,(H,21,24)/b13-10+. The molecule has 0 heterocycles. The zero-order valence-electron chi connectivity index (χ0n) is 14.4. The van der Waals surface area contributed by atoms with Crippen molar-refractivity contribution in [3.63, 3.8) is 0 Å². The van der Waals surface area contributed by atoms with E-state index in [2.05, 4.69) is 5.32 Å². The van der Waals surface area contributed by atoms with Gasteiger partial charge < -0.3 is 15.2 Å². The fraction of sp³-hybridized carbons (Fsp3) is 0.200. The number of rotatable bonds is 4. The first kappa shape index (κ1) is 18.3. The Bertz CT molecular complexity index is 786. The fourth-order valence-corrected chi connectivity index (χ4v) is 1.86. The summed E-state index contributed by atoms with van der Waals surface area (Å²) in [7, 11) is 0. The number of para-hydroxylation sites is 2. The molecule has 0 aliphatic heterocycles. The summed E-state index contributed by atoms with van der Waals surface area (Å²) in [5.41, 5.74) is 0.633. The number of ether oxygens (including phenoxy) is 1. The molecule has 0 aromatic heterocycles. The maximum atomic E-state index is 12.1. The summed E-state index contributed by atoms with van der Waals surface area (Å²) < 4.78 is 5.31. The maximum Gasteiger partial charge on any atom is 0.336 e. The van der Waals surface area contributed by atoms with E-state index in [0.717, 1.165) is 5.56 Å². The van der Waals surface area contributed by atoms with Crippen LogP contribution in [0.1, 0.15) is 26.3 Å². The molecule has 0 fully saturated rings. The van der Waals surface area contributed by atoms with Gasteiger partial charge in [0.25, 0.3) is 0 Å². The van der Waals surface area contributed by atoms with E-state index in [0.29, 0.717) is 5.69 Å². The lowest BCUT2D eigenvalue weighted by atomic mass is 9.95. The molecule has 25 heavy (non-hydrogen) atoms. The molecule has 0 unspecified atom stereocenters. The summed E-state index contributed by atoms with van der Waals surface area (Å²) in [6, 6.07) is 13.2. The summed E-state index contributed by atoms with van der Waals surface area (Å²) >= 11 is 0. The van der Waals surface area contributed by atoms with Crippen molar-refractivity contribution in [2.45, 2.75) is 20.8 Å². The van der Waals surface area contributed by atoms with Crippen LogP contribution in [0.5, 0.6) is 11.5 Å². The molecule has 130 valence electrons. The van der Waals surface area contributed by atoms with E-state index in [-0.39, 0.29) is 17.4 Å². The van der Waals surface area contributed by atoms with E-state index in [1.54, 1.807) is 63.2 Å². The summed E-state index contributed by atoms with van der Waals surface area (Å²) in [5.74, 6) is -0.301. The Balaban J connectivity index is 2.08.